The van der Waals surface area contributed by atoms with Crippen LogP contribution in [-0.4, -0.2) is 38.6 Å². The molecule has 0 aromatic rings. The molecule has 0 aromatic carbocycles. The highest BCUT2D eigenvalue weighted by atomic mass is 16.5. The lowest BCUT2D eigenvalue weighted by molar-refractivity contribution is -0.140. The summed E-state index contributed by atoms with van der Waals surface area (Å²) in [7, 11) is 1.34. The summed E-state index contributed by atoms with van der Waals surface area (Å²) in [5.74, 6) is -0.316. The fourth-order valence-corrected chi connectivity index (χ4v) is 0.821. The van der Waals surface area contributed by atoms with Crippen molar-refractivity contribution in [1.29, 1.82) is 0 Å². The van der Waals surface area contributed by atoms with Gasteiger partial charge in [-0.2, -0.15) is 0 Å². The number of carbonyl (C=O) groups excluding carboxylic acids is 2. The number of hydrogen-bond donors (Lipinski definition) is 2. The van der Waals surface area contributed by atoms with Crippen LogP contribution in [0, 0.1) is 0 Å². The molecule has 0 unspecified atom stereocenters. The summed E-state index contributed by atoms with van der Waals surface area (Å²) in [6.45, 7) is 3.39. The van der Waals surface area contributed by atoms with E-state index in [0.29, 0.717) is 13.1 Å². The normalized spacial score (nSPS) is 9.57. The van der Waals surface area contributed by atoms with Crippen LogP contribution < -0.4 is 10.6 Å². The average molecular weight is 202 g/mol. The first-order valence-electron chi connectivity index (χ1n) is 4.75. The van der Waals surface area contributed by atoms with Gasteiger partial charge in [0.2, 0.25) is 5.91 Å². The van der Waals surface area contributed by atoms with Gasteiger partial charge in [-0.15, -0.1) is 0 Å². The van der Waals surface area contributed by atoms with Crippen LogP contribution in [0.4, 0.5) is 0 Å². The van der Waals surface area contributed by atoms with E-state index in [1.165, 1.54) is 7.11 Å². The number of rotatable bonds is 7. The van der Waals surface area contributed by atoms with E-state index >= 15 is 0 Å². The molecule has 0 aromatic heterocycles. The molecule has 0 aliphatic heterocycles. The van der Waals surface area contributed by atoms with E-state index < -0.39 is 0 Å². The van der Waals surface area contributed by atoms with Crippen molar-refractivity contribution in [3.05, 3.63) is 0 Å². The molecule has 2 N–H and O–H groups in total. The summed E-state index contributed by atoms with van der Waals surface area (Å²) in [4.78, 5) is 21.7. The highest BCUT2D eigenvalue weighted by Gasteiger charge is 2.01. The van der Waals surface area contributed by atoms with E-state index in [2.05, 4.69) is 15.4 Å². The summed E-state index contributed by atoms with van der Waals surface area (Å²) in [5.41, 5.74) is 0. The Labute approximate surface area is 84.2 Å². The summed E-state index contributed by atoms with van der Waals surface area (Å²) in [5, 5.41) is 5.56. The second-order valence-corrected chi connectivity index (χ2v) is 2.85. The van der Waals surface area contributed by atoms with Crippen molar-refractivity contribution in [2.75, 3.05) is 26.7 Å². The van der Waals surface area contributed by atoms with Gasteiger partial charge in [-0.1, -0.05) is 6.92 Å². The van der Waals surface area contributed by atoms with Crippen LogP contribution in [0.1, 0.15) is 19.8 Å². The second kappa shape index (κ2) is 8.50. The number of carbonyl (C=O) groups is 2. The molecule has 0 radical (unpaired) electrons. The largest absolute Gasteiger partial charge is 0.469 e. The average Bonchev–Trinajstić information content (AvgIpc) is 2.21. The predicted octanol–water partition coefficient (Wildman–Crippen LogP) is -0.335. The zero-order valence-corrected chi connectivity index (χ0v) is 8.76. The van der Waals surface area contributed by atoms with Gasteiger partial charge in [0.15, 0.2) is 0 Å². The Balaban J connectivity index is 3.27. The molecule has 0 heterocycles. The van der Waals surface area contributed by atoms with Gasteiger partial charge < -0.3 is 15.4 Å². The molecule has 0 rings (SSSR count). The molecule has 14 heavy (non-hydrogen) atoms. The highest BCUT2D eigenvalue weighted by Crippen LogP contribution is 1.80. The molecule has 1 amide bonds. The number of ether oxygens (including phenoxy) is 1. The Morgan fingerprint density at radius 3 is 2.57 bits per heavy atom. The maximum absolute atomic E-state index is 11.0. The quantitative estimate of drug-likeness (QED) is 0.438. The Morgan fingerprint density at radius 2 is 2.00 bits per heavy atom. The molecule has 0 bridgehead atoms. The Kier molecular flexibility index (Phi) is 7.83. The van der Waals surface area contributed by atoms with Crippen molar-refractivity contribution in [3.63, 3.8) is 0 Å². The van der Waals surface area contributed by atoms with Crippen molar-refractivity contribution in [3.8, 4) is 0 Å². The topological polar surface area (TPSA) is 67.4 Å². The van der Waals surface area contributed by atoms with Gasteiger partial charge in [-0.05, 0) is 6.42 Å². The van der Waals surface area contributed by atoms with Crippen LogP contribution in [-0.2, 0) is 14.3 Å². The first-order chi connectivity index (χ1) is 6.70. The van der Waals surface area contributed by atoms with Crippen molar-refractivity contribution < 1.29 is 14.3 Å². The number of hydrogen-bond acceptors (Lipinski definition) is 4. The molecular weight excluding hydrogens is 184 g/mol. The Hall–Kier alpha value is -1.10. The molecule has 0 atom stereocenters. The van der Waals surface area contributed by atoms with Crippen molar-refractivity contribution in [1.82, 2.24) is 10.6 Å². The minimum atomic E-state index is -0.272. The monoisotopic (exact) mass is 202 g/mol. The molecule has 5 nitrogen and oxygen atoms in total. The van der Waals surface area contributed by atoms with Gasteiger partial charge in [0, 0.05) is 13.1 Å². The van der Waals surface area contributed by atoms with Crippen LogP contribution in [0.25, 0.3) is 0 Å². The minimum absolute atomic E-state index is 0.0447. The first-order valence-corrected chi connectivity index (χ1v) is 4.75. The van der Waals surface area contributed by atoms with Crippen molar-refractivity contribution in [2.24, 2.45) is 0 Å². The van der Waals surface area contributed by atoms with Gasteiger partial charge in [-0.25, -0.2) is 0 Å². The molecule has 0 aliphatic carbocycles. The maximum Gasteiger partial charge on any atom is 0.306 e. The van der Waals surface area contributed by atoms with E-state index in [9.17, 15) is 9.59 Å². The van der Waals surface area contributed by atoms with Gasteiger partial charge in [0.25, 0.3) is 0 Å². The summed E-state index contributed by atoms with van der Waals surface area (Å²) in [6.07, 6.45) is 1.21. The molecule has 0 spiro atoms. The van der Waals surface area contributed by atoms with Crippen LogP contribution in [0.3, 0.4) is 0 Å². The van der Waals surface area contributed by atoms with Crippen LogP contribution in [0.5, 0.6) is 0 Å². The smallest absolute Gasteiger partial charge is 0.306 e. The lowest BCUT2D eigenvalue weighted by Crippen LogP contribution is -2.35. The molecule has 0 aliphatic rings. The Morgan fingerprint density at radius 1 is 1.29 bits per heavy atom. The fourth-order valence-electron chi connectivity index (χ4n) is 0.821. The van der Waals surface area contributed by atoms with Crippen molar-refractivity contribution >= 4 is 11.9 Å². The van der Waals surface area contributed by atoms with E-state index in [0.717, 1.165) is 6.42 Å². The van der Waals surface area contributed by atoms with Crippen molar-refractivity contribution in [2.45, 2.75) is 19.8 Å². The van der Waals surface area contributed by atoms with Gasteiger partial charge in [0.05, 0.1) is 20.1 Å². The minimum Gasteiger partial charge on any atom is -0.469 e. The Bertz CT molecular complexity index is 183. The molecule has 82 valence electrons. The standard InChI is InChI=1S/C9H18N2O3/c1-3-5-11-8(12)7-10-6-4-9(13)14-2/h10H,3-7H2,1-2H3,(H,11,12). The number of nitrogens with one attached hydrogen (secondary N) is 2. The van der Waals surface area contributed by atoms with Gasteiger partial charge in [-0.3, -0.25) is 9.59 Å². The van der Waals surface area contributed by atoms with E-state index in [1.807, 2.05) is 6.92 Å². The van der Waals surface area contributed by atoms with E-state index in [1.54, 1.807) is 0 Å². The van der Waals surface area contributed by atoms with E-state index in [4.69, 9.17) is 0 Å². The molecule has 0 saturated heterocycles. The zero-order chi connectivity index (χ0) is 10.8. The summed E-state index contributed by atoms with van der Waals surface area (Å²) >= 11 is 0. The number of amides is 1. The molecule has 0 saturated carbocycles. The van der Waals surface area contributed by atoms with Crippen LogP contribution in [0.2, 0.25) is 0 Å². The summed E-state index contributed by atoms with van der Waals surface area (Å²) < 4.78 is 4.44. The number of methoxy groups -OCH3 is 1. The molecule has 0 fully saturated rings. The SMILES string of the molecule is CCCNC(=O)CNCCC(=O)OC. The first kappa shape index (κ1) is 12.9. The third-order valence-electron chi connectivity index (χ3n) is 1.59. The van der Waals surface area contributed by atoms with Gasteiger partial charge in [0.1, 0.15) is 0 Å². The molecule has 5 heteroatoms. The third kappa shape index (κ3) is 7.54. The highest BCUT2D eigenvalue weighted by molar-refractivity contribution is 5.78. The fraction of sp³-hybridized carbons (Fsp3) is 0.778. The lowest BCUT2D eigenvalue weighted by atomic mass is 10.4. The van der Waals surface area contributed by atoms with Crippen LogP contribution in [0.15, 0.2) is 0 Å². The summed E-state index contributed by atoms with van der Waals surface area (Å²) in [6, 6.07) is 0. The second-order valence-electron chi connectivity index (χ2n) is 2.85. The third-order valence-corrected chi connectivity index (χ3v) is 1.59. The van der Waals surface area contributed by atoms with E-state index in [-0.39, 0.29) is 24.8 Å². The maximum atomic E-state index is 11.0. The van der Waals surface area contributed by atoms with Crippen LogP contribution >= 0.6 is 0 Å². The number of esters is 1. The predicted molar refractivity (Wildman–Crippen MR) is 52.8 cm³/mol. The molecular formula is C9H18N2O3. The van der Waals surface area contributed by atoms with Gasteiger partial charge >= 0.3 is 5.97 Å². The zero-order valence-electron chi connectivity index (χ0n) is 8.76. The lowest BCUT2D eigenvalue weighted by Gasteiger charge is -2.04.